The Morgan fingerprint density at radius 3 is 2.91 bits per heavy atom. The molecule has 1 saturated heterocycles. The molecule has 4 aromatic rings. The zero-order chi connectivity index (χ0) is 23.5. The Balaban J connectivity index is 1.49. The molecule has 7 heteroatoms. The third-order valence-corrected chi connectivity index (χ3v) is 6.26. The van der Waals surface area contributed by atoms with Crippen LogP contribution in [0.5, 0.6) is 5.88 Å². The molecule has 0 radical (unpaired) electrons. The second kappa shape index (κ2) is 9.65. The van der Waals surface area contributed by atoms with Crippen molar-refractivity contribution in [3.63, 3.8) is 0 Å². The summed E-state index contributed by atoms with van der Waals surface area (Å²) in [4.78, 5) is 24.9. The summed E-state index contributed by atoms with van der Waals surface area (Å²) in [5, 5.41) is 7.29. The molecule has 0 spiro atoms. The van der Waals surface area contributed by atoms with Crippen molar-refractivity contribution in [2.45, 2.75) is 32.8 Å². The Bertz CT molecular complexity index is 1320. The first-order chi connectivity index (χ1) is 16.6. The van der Waals surface area contributed by atoms with Crippen LogP contribution in [-0.2, 0) is 0 Å². The highest BCUT2D eigenvalue weighted by atomic mass is 16.5. The quantitative estimate of drug-likeness (QED) is 0.399. The number of aromatic amines is 1. The lowest BCUT2D eigenvalue weighted by molar-refractivity contribution is 0.0956. The highest BCUT2D eigenvalue weighted by Crippen LogP contribution is 2.33. The van der Waals surface area contributed by atoms with Gasteiger partial charge in [-0.1, -0.05) is 12.1 Å². The molecule has 2 aromatic carbocycles. The van der Waals surface area contributed by atoms with E-state index >= 15 is 0 Å². The first kappa shape index (κ1) is 22.1. The van der Waals surface area contributed by atoms with Crippen LogP contribution in [0.2, 0.25) is 0 Å². The molecule has 3 heterocycles. The second-order valence-electron chi connectivity index (χ2n) is 8.68. The van der Waals surface area contributed by atoms with Gasteiger partial charge in [-0.2, -0.15) is 0 Å². The van der Waals surface area contributed by atoms with E-state index in [1.54, 1.807) is 12.4 Å². The first-order valence-corrected chi connectivity index (χ1v) is 11.8. The second-order valence-corrected chi connectivity index (χ2v) is 8.68. The van der Waals surface area contributed by atoms with Gasteiger partial charge in [0.1, 0.15) is 6.10 Å². The third kappa shape index (κ3) is 4.52. The molecule has 0 unspecified atom stereocenters. The van der Waals surface area contributed by atoms with Crippen LogP contribution < -0.4 is 15.4 Å². The van der Waals surface area contributed by atoms with Crippen LogP contribution >= 0.6 is 0 Å². The molecule has 3 N–H and O–H groups in total. The number of fused-ring (bicyclic) bond motifs is 1. The summed E-state index contributed by atoms with van der Waals surface area (Å²) >= 11 is 0. The van der Waals surface area contributed by atoms with Crippen molar-refractivity contribution in [3.8, 4) is 28.3 Å². The van der Waals surface area contributed by atoms with Gasteiger partial charge in [-0.05, 0) is 74.2 Å². The van der Waals surface area contributed by atoms with E-state index in [2.05, 4.69) is 45.7 Å². The molecule has 0 saturated carbocycles. The maximum atomic E-state index is 12.4. The molecule has 1 amide bonds. The number of nitrogens with one attached hydrogen (secondary N) is 3. The summed E-state index contributed by atoms with van der Waals surface area (Å²) in [5.74, 6) is 0.481. The summed E-state index contributed by atoms with van der Waals surface area (Å²) in [7, 11) is 0. The minimum atomic E-state index is -0.0626. The summed E-state index contributed by atoms with van der Waals surface area (Å²) < 4.78 is 6.09. The predicted octanol–water partition coefficient (Wildman–Crippen LogP) is 4.48. The van der Waals surface area contributed by atoms with Crippen LogP contribution in [0.15, 0.2) is 55.0 Å². The molecule has 5 rings (SSSR count). The van der Waals surface area contributed by atoms with Gasteiger partial charge in [-0.3, -0.25) is 9.78 Å². The van der Waals surface area contributed by atoms with Gasteiger partial charge in [0, 0.05) is 41.3 Å². The van der Waals surface area contributed by atoms with Crippen LogP contribution in [-0.4, -0.2) is 46.6 Å². The fourth-order valence-corrected chi connectivity index (χ4v) is 4.46. The van der Waals surface area contributed by atoms with Gasteiger partial charge in [0.25, 0.3) is 5.91 Å². The van der Waals surface area contributed by atoms with Crippen LogP contribution in [0.25, 0.3) is 33.3 Å². The smallest absolute Gasteiger partial charge is 0.251 e. The molecule has 1 aliphatic heterocycles. The van der Waals surface area contributed by atoms with E-state index < -0.39 is 0 Å². The number of amides is 1. The van der Waals surface area contributed by atoms with E-state index in [0.29, 0.717) is 18.0 Å². The van der Waals surface area contributed by atoms with Crippen molar-refractivity contribution < 1.29 is 9.53 Å². The first-order valence-electron chi connectivity index (χ1n) is 11.8. The molecular weight excluding hydrogens is 426 g/mol. The van der Waals surface area contributed by atoms with Gasteiger partial charge in [-0.15, -0.1) is 0 Å². The largest absolute Gasteiger partial charge is 0.472 e. The van der Waals surface area contributed by atoms with E-state index in [-0.39, 0.29) is 12.0 Å². The Labute approximate surface area is 199 Å². The number of hydrogen-bond acceptors (Lipinski definition) is 5. The Morgan fingerprint density at radius 1 is 1.18 bits per heavy atom. The average molecular weight is 456 g/mol. The number of H-pyrrole nitrogens is 1. The highest BCUT2D eigenvalue weighted by molar-refractivity contribution is 5.99. The van der Waals surface area contributed by atoms with Crippen molar-refractivity contribution in [1.29, 1.82) is 0 Å². The zero-order valence-corrected chi connectivity index (χ0v) is 19.5. The normalized spacial score (nSPS) is 15.9. The molecule has 7 nitrogen and oxygen atoms in total. The number of carbonyl (C=O) groups excluding carboxylic acids is 1. The van der Waals surface area contributed by atoms with Crippen molar-refractivity contribution in [2.75, 3.05) is 19.6 Å². The predicted molar refractivity (Wildman–Crippen MR) is 134 cm³/mol. The van der Waals surface area contributed by atoms with Crippen LogP contribution in [0.4, 0.5) is 0 Å². The molecule has 34 heavy (non-hydrogen) atoms. The minimum Gasteiger partial charge on any atom is -0.472 e. The van der Waals surface area contributed by atoms with E-state index in [4.69, 9.17) is 9.72 Å². The number of piperidine rings is 1. The van der Waals surface area contributed by atoms with E-state index in [1.807, 2.05) is 31.3 Å². The van der Waals surface area contributed by atoms with Gasteiger partial charge in [0.2, 0.25) is 5.88 Å². The number of nitrogens with zero attached hydrogens (tertiary/aromatic N) is 2. The van der Waals surface area contributed by atoms with Crippen molar-refractivity contribution in [1.82, 2.24) is 25.6 Å². The Hall–Kier alpha value is -3.71. The van der Waals surface area contributed by atoms with Crippen LogP contribution in [0.1, 0.15) is 35.7 Å². The summed E-state index contributed by atoms with van der Waals surface area (Å²) in [6.07, 6.45) is 7.64. The van der Waals surface area contributed by atoms with Crippen molar-refractivity contribution >= 4 is 16.8 Å². The van der Waals surface area contributed by atoms with Crippen molar-refractivity contribution in [2.24, 2.45) is 0 Å². The maximum Gasteiger partial charge on any atom is 0.251 e. The number of aryl methyl sites for hydroxylation is 1. The topological polar surface area (TPSA) is 91.9 Å². The van der Waals surface area contributed by atoms with E-state index in [1.165, 1.54) is 0 Å². The van der Waals surface area contributed by atoms with Crippen molar-refractivity contribution in [3.05, 3.63) is 66.1 Å². The lowest BCUT2D eigenvalue weighted by Gasteiger charge is -2.23. The number of ether oxygens (including phenoxy) is 1. The van der Waals surface area contributed by atoms with Gasteiger partial charge in [0.05, 0.1) is 18.1 Å². The molecule has 0 aliphatic carbocycles. The Morgan fingerprint density at radius 2 is 2.09 bits per heavy atom. The van der Waals surface area contributed by atoms with Crippen LogP contribution in [0, 0.1) is 6.92 Å². The van der Waals surface area contributed by atoms with Gasteiger partial charge >= 0.3 is 0 Å². The summed E-state index contributed by atoms with van der Waals surface area (Å²) in [6.45, 7) is 6.45. The number of rotatable bonds is 6. The Kier molecular flexibility index (Phi) is 6.27. The number of hydrogen-bond donors (Lipinski definition) is 3. The zero-order valence-electron chi connectivity index (χ0n) is 19.5. The molecule has 1 aliphatic rings. The summed E-state index contributed by atoms with van der Waals surface area (Å²) in [6, 6.07) is 12.1. The van der Waals surface area contributed by atoms with Gasteiger partial charge in [0.15, 0.2) is 0 Å². The molecule has 174 valence electrons. The fraction of sp³-hybridized carbons (Fsp3) is 0.296. The molecule has 1 fully saturated rings. The monoisotopic (exact) mass is 455 g/mol. The standard InChI is InChI=1S/C27H29N5O2/c1-3-30-27(33)19-7-6-17(2)21(12-19)18-8-9-24-22(11-18)23(14-31-24)25-15-29-16-26(32-25)34-20-5-4-10-28-13-20/h6-9,11-12,14-16,20,28,31H,3-5,10,13H2,1-2H3,(H,30,33)/t20-/m1/s1. The van der Waals surface area contributed by atoms with Gasteiger partial charge in [-0.25, -0.2) is 4.98 Å². The maximum absolute atomic E-state index is 12.4. The molecule has 0 bridgehead atoms. The third-order valence-electron chi connectivity index (χ3n) is 6.26. The average Bonchev–Trinajstić information content (AvgIpc) is 3.29. The van der Waals surface area contributed by atoms with E-state index in [0.717, 1.165) is 64.8 Å². The molecule has 2 aromatic heterocycles. The fourth-order valence-electron chi connectivity index (χ4n) is 4.46. The lowest BCUT2D eigenvalue weighted by Crippen LogP contribution is -2.37. The number of carbonyl (C=O) groups is 1. The van der Waals surface area contributed by atoms with Crippen LogP contribution in [0.3, 0.4) is 0 Å². The minimum absolute atomic E-state index is 0.0626. The van der Waals surface area contributed by atoms with E-state index in [9.17, 15) is 4.79 Å². The molecule has 1 atom stereocenters. The highest BCUT2D eigenvalue weighted by Gasteiger charge is 2.17. The van der Waals surface area contributed by atoms with Gasteiger partial charge < -0.3 is 20.4 Å². The number of aromatic nitrogens is 3. The number of benzene rings is 2. The summed E-state index contributed by atoms with van der Waals surface area (Å²) in [5.41, 5.74) is 6.59. The molecular formula is C27H29N5O2. The SMILES string of the molecule is CCNC(=O)c1ccc(C)c(-c2ccc3[nH]cc(-c4cncc(O[C@@H]5CCCNC5)n4)c3c2)c1. The lowest BCUT2D eigenvalue weighted by atomic mass is 9.96.